The first-order valence-corrected chi connectivity index (χ1v) is 8.96. The quantitative estimate of drug-likeness (QED) is 0.780. The Morgan fingerprint density at radius 2 is 2.04 bits per heavy atom. The van der Waals surface area contributed by atoms with Crippen LogP contribution < -0.4 is 10.1 Å². The number of ether oxygens (including phenoxy) is 1. The van der Waals surface area contributed by atoms with Crippen LogP contribution in [0.4, 0.5) is 0 Å². The topological polar surface area (TPSA) is 58.6 Å². The van der Waals surface area contributed by atoms with E-state index in [-0.39, 0.29) is 11.8 Å². The highest BCUT2D eigenvalue weighted by Crippen LogP contribution is 2.15. The number of nitrogens with zero attached hydrogens (tertiary/aromatic N) is 1. The summed E-state index contributed by atoms with van der Waals surface area (Å²) in [7, 11) is 0. The van der Waals surface area contributed by atoms with E-state index in [2.05, 4.69) is 5.32 Å². The molecule has 0 spiro atoms. The highest BCUT2D eigenvalue weighted by molar-refractivity contribution is 5.94. The fourth-order valence-electron chi connectivity index (χ4n) is 3.04. The van der Waals surface area contributed by atoms with Gasteiger partial charge in [0.15, 0.2) is 0 Å². The third-order valence-electron chi connectivity index (χ3n) is 4.38. The number of hydrogen-bond acceptors (Lipinski definition) is 3. The van der Waals surface area contributed by atoms with Gasteiger partial charge in [0.2, 0.25) is 5.91 Å². The van der Waals surface area contributed by atoms with E-state index in [9.17, 15) is 9.59 Å². The molecule has 0 bridgehead atoms. The van der Waals surface area contributed by atoms with Crippen molar-refractivity contribution < 1.29 is 14.3 Å². The van der Waals surface area contributed by atoms with Gasteiger partial charge in [0, 0.05) is 25.1 Å². The highest BCUT2D eigenvalue weighted by Gasteiger charge is 2.20. The molecule has 1 heterocycles. The van der Waals surface area contributed by atoms with Crippen LogP contribution in [-0.2, 0) is 11.3 Å². The van der Waals surface area contributed by atoms with Gasteiger partial charge in [0.25, 0.3) is 5.91 Å². The van der Waals surface area contributed by atoms with Crippen LogP contribution in [0.2, 0.25) is 0 Å². The molecule has 2 aromatic rings. The van der Waals surface area contributed by atoms with Crippen LogP contribution in [0, 0.1) is 6.92 Å². The average molecular weight is 352 g/mol. The van der Waals surface area contributed by atoms with E-state index in [4.69, 9.17) is 4.74 Å². The van der Waals surface area contributed by atoms with Gasteiger partial charge in [-0.2, -0.15) is 0 Å². The number of aryl methyl sites for hydroxylation is 1. The Hall–Kier alpha value is -2.82. The molecule has 0 aromatic heterocycles. The molecular formula is C21H24N2O3. The minimum atomic E-state index is -0.132. The smallest absolute Gasteiger partial charge is 0.251 e. The molecule has 136 valence electrons. The first kappa shape index (κ1) is 18.0. The van der Waals surface area contributed by atoms with Crippen molar-refractivity contribution in [3.63, 3.8) is 0 Å². The first-order chi connectivity index (χ1) is 12.6. The average Bonchev–Trinajstić information content (AvgIpc) is 3.03. The predicted octanol–water partition coefficient (Wildman–Crippen LogP) is 2.93. The Kier molecular flexibility index (Phi) is 5.89. The molecule has 1 N–H and O–H groups in total. The molecule has 1 saturated heterocycles. The van der Waals surface area contributed by atoms with Crippen LogP contribution in [0.15, 0.2) is 48.5 Å². The van der Waals surface area contributed by atoms with Gasteiger partial charge in [-0.25, -0.2) is 0 Å². The van der Waals surface area contributed by atoms with Crippen LogP contribution in [0.25, 0.3) is 0 Å². The van der Waals surface area contributed by atoms with Gasteiger partial charge in [-0.15, -0.1) is 0 Å². The summed E-state index contributed by atoms with van der Waals surface area (Å²) in [6, 6.07) is 15.3. The normalized spacial score (nSPS) is 13.7. The second kappa shape index (κ2) is 8.52. The molecule has 5 heteroatoms. The van der Waals surface area contributed by atoms with Gasteiger partial charge in [-0.1, -0.05) is 24.3 Å². The van der Waals surface area contributed by atoms with Crippen molar-refractivity contribution in [3.05, 3.63) is 65.2 Å². The van der Waals surface area contributed by atoms with Crippen LogP contribution in [0.1, 0.15) is 34.3 Å². The molecule has 0 atom stereocenters. The lowest BCUT2D eigenvalue weighted by molar-refractivity contribution is -0.128. The summed E-state index contributed by atoms with van der Waals surface area (Å²) in [5.41, 5.74) is 2.72. The van der Waals surface area contributed by atoms with Crippen LogP contribution >= 0.6 is 0 Å². The summed E-state index contributed by atoms with van der Waals surface area (Å²) in [6.45, 7) is 4.22. The number of carbonyl (C=O) groups excluding carboxylic acids is 2. The van der Waals surface area contributed by atoms with Crippen LogP contribution in [-0.4, -0.2) is 36.4 Å². The maximum Gasteiger partial charge on any atom is 0.251 e. The fourth-order valence-corrected chi connectivity index (χ4v) is 3.04. The van der Waals surface area contributed by atoms with E-state index in [1.54, 1.807) is 6.07 Å². The SMILES string of the molecule is Cc1cccc(OCCNC(=O)c2cccc(CN3CCCC3=O)c2)c1. The molecule has 2 aromatic carbocycles. The zero-order valence-corrected chi connectivity index (χ0v) is 15.0. The summed E-state index contributed by atoms with van der Waals surface area (Å²) in [4.78, 5) is 25.9. The van der Waals surface area contributed by atoms with E-state index < -0.39 is 0 Å². The number of benzene rings is 2. The number of nitrogens with one attached hydrogen (secondary N) is 1. The van der Waals surface area contributed by atoms with Crippen LogP contribution in [0.3, 0.4) is 0 Å². The Morgan fingerprint density at radius 1 is 1.19 bits per heavy atom. The lowest BCUT2D eigenvalue weighted by atomic mass is 10.1. The molecule has 26 heavy (non-hydrogen) atoms. The summed E-state index contributed by atoms with van der Waals surface area (Å²) >= 11 is 0. The second-order valence-electron chi connectivity index (χ2n) is 6.54. The molecule has 1 fully saturated rings. The Labute approximate surface area is 154 Å². The zero-order chi connectivity index (χ0) is 18.4. The minimum absolute atomic E-state index is 0.132. The van der Waals surface area contributed by atoms with Gasteiger partial charge in [-0.3, -0.25) is 9.59 Å². The molecule has 2 amide bonds. The van der Waals surface area contributed by atoms with E-state index in [1.807, 2.05) is 54.3 Å². The van der Waals surface area contributed by atoms with Crippen molar-refractivity contribution in [1.29, 1.82) is 0 Å². The molecule has 0 unspecified atom stereocenters. The number of likely N-dealkylation sites (tertiary alicyclic amines) is 1. The van der Waals surface area contributed by atoms with Gasteiger partial charge in [-0.05, 0) is 48.7 Å². The van der Waals surface area contributed by atoms with Crippen molar-refractivity contribution in [2.45, 2.75) is 26.3 Å². The molecule has 0 saturated carbocycles. The van der Waals surface area contributed by atoms with Crippen molar-refractivity contribution >= 4 is 11.8 Å². The number of carbonyl (C=O) groups is 2. The number of rotatable bonds is 7. The van der Waals surface area contributed by atoms with Crippen molar-refractivity contribution in [1.82, 2.24) is 10.2 Å². The summed E-state index contributed by atoms with van der Waals surface area (Å²) in [5, 5.41) is 2.87. The lowest BCUT2D eigenvalue weighted by Gasteiger charge is -2.16. The Balaban J connectivity index is 1.48. The monoisotopic (exact) mass is 352 g/mol. The Bertz CT molecular complexity index is 788. The van der Waals surface area contributed by atoms with E-state index in [1.165, 1.54) is 0 Å². The predicted molar refractivity (Wildman–Crippen MR) is 100 cm³/mol. The van der Waals surface area contributed by atoms with E-state index in [0.29, 0.717) is 31.7 Å². The maximum absolute atomic E-state index is 12.3. The number of amides is 2. The molecular weight excluding hydrogens is 328 g/mol. The first-order valence-electron chi connectivity index (χ1n) is 8.96. The molecule has 3 rings (SSSR count). The van der Waals surface area contributed by atoms with Crippen LogP contribution in [0.5, 0.6) is 5.75 Å². The minimum Gasteiger partial charge on any atom is -0.492 e. The molecule has 1 aliphatic heterocycles. The largest absolute Gasteiger partial charge is 0.492 e. The standard InChI is InChI=1S/C21H24N2O3/c1-16-5-2-8-19(13-16)26-12-10-22-21(25)18-7-3-6-17(14-18)15-23-11-4-9-20(23)24/h2-3,5-8,13-14H,4,9-12,15H2,1H3,(H,22,25). The molecule has 1 aliphatic rings. The fraction of sp³-hybridized carbons (Fsp3) is 0.333. The zero-order valence-electron chi connectivity index (χ0n) is 15.0. The third kappa shape index (κ3) is 4.85. The summed E-state index contributed by atoms with van der Waals surface area (Å²) in [6.07, 6.45) is 1.54. The molecule has 5 nitrogen and oxygen atoms in total. The van der Waals surface area contributed by atoms with Gasteiger partial charge in [0.05, 0.1) is 6.54 Å². The molecule has 0 aliphatic carbocycles. The summed E-state index contributed by atoms with van der Waals surface area (Å²) < 4.78 is 5.64. The number of hydrogen-bond donors (Lipinski definition) is 1. The lowest BCUT2D eigenvalue weighted by Crippen LogP contribution is -2.28. The molecule has 0 radical (unpaired) electrons. The second-order valence-corrected chi connectivity index (χ2v) is 6.54. The summed E-state index contributed by atoms with van der Waals surface area (Å²) in [5.74, 6) is 0.858. The Morgan fingerprint density at radius 3 is 2.81 bits per heavy atom. The van der Waals surface area contributed by atoms with E-state index >= 15 is 0 Å². The highest BCUT2D eigenvalue weighted by atomic mass is 16.5. The van der Waals surface area contributed by atoms with Crippen molar-refractivity contribution in [3.8, 4) is 5.75 Å². The van der Waals surface area contributed by atoms with Crippen molar-refractivity contribution in [2.24, 2.45) is 0 Å². The maximum atomic E-state index is 12.3. The van der Waals surface area contributed by atoms with E-state index in [0.717, 1.165) is 29.8 Å². The van der Waals surface area contributed by atoms with Gasteiger partial charge in [0.1, 0.15) is 12.4 Å². The third-order valence-corrected chi connectivity index (χ3v) is 4.38. The van der Waals surface area contributed by atoms with Gasteiger partial charge >= 0.3 is 0 Å². The van der Waals surface area contributed by atoms with Gasteiger partial charge < -0.3 is 15.0 Å². The van der Waals surface area contributed by atoms with Crippen molar-refractivity contribution in [2.75, 3.05) is 19.7 Å².